The number of halogens is 1. The van der Waals surface area contributed by atoms with Crippen LogP contribution in [0.5, 0.6) is 0 Å². The second-order valence-electron chi connectivity index (χ2n) is 2.49. The Hall–Kier alpha value is 0.250. The van der Waals surface area contributed by atoms with Crippen molar-refractivity contribution in [2.45, 2.75) is 32.6 Å². The van der Waals surface area contributed by atoms with E-state index in [1.54, 1.807) is 0 Å². The van der Waals surface area contributed by atoms with Gasteiger partial charge in [-0.1, -0.05) is 20.8 Å². The van der Waals surface area contributed by atoms with Crippen molar-refractivity contribution < 1.29 is 0 Å². The fourth-order valence-electron chi connectivity index (χ4n) is 0.891. The van der Waals surface area contributed by atoms with Gasteiger partial charge in [0.05, 0.1) is 0 Å². The maximum Gasteiger partial charge on any atom is 0.0460 e. The van der Waals surface area contributed by atoms with Crippen molar-refractivity contribution in [1.82, 2.24) is 4.90 Å². The first-order valence-corrected chi connectivity index (χ1v) is 4.54. The molecule has 0 amide bonds. The van der Waals surface area contributed by atoms with Crippen LogP contribution >= 0.6 is 11.6 Å². The Balaban J connectivity index is 3.41. The smallest absolute Gasteiger partial charge is 0.0460 e. The Kier molecular flexibility index (Phi) is 6.14. The predicted octanol–water partition coefficient (Wildman–Crippen LogP) is 2.35. The molecule has 0 fully saturated rings. The number of hydrogen-bond acceptors (Lipinski definition) is 1. The molecule has 1 unspecified atom stereocenters. The van der Waals surface area contributed by atoms with Crippen LogP contribution in [0.4, 0.5) is 0 Å². The quantitative estimate of drug-likeness (QED) is 0.563. The van der Waals surface area contributed by atoms with Gasteiger partial charge in [0.15, 0.2) is 0 Å². The zero-order valence-electron chi connectivity index (χ0n) is 7.23. The van der Waals surface area contributed by atoms with Gasteiger partial charge in [-0.2, -0.15) is 0 Å². The van der Waals surface area contributed by atoms with Crippen LogP contribution in [0.2, 0.25) is 0 Å². The Morgan fingerprint density at radius 1 is 1.20 bits per heavy atom. The van der Waals surface area contributed by atoms with Crippen LogP contribution in [-0.2, 0) is 0 Å². The van der Waals surface area contributed by atoms with Gasteiger partial charge in [-0.05, 0) is 19.5 Å². The second-order valence-corrected chi connectivity index (χ2v) is 3.11. The van der Waals surface area contributed by atoms with E-state index in [2.05, 4.69) is 25.7 Å². The molecular weight excluding hydrogens is 146 g/mol. The molecule has 1 nitrogen and oxygen atoms in total. The molecule has 10 heavy (non-hydrogen) atoms. The lowest BCUT2D eigenvalue weighted by Gasteiger charge is -2.20. The zero-order chi connectivity index (χ0) is 7.98. The van der Waals surface area contributed by atoms with Crippen LogP contribution in [0.3, 0.4) is 0 Å². The third-order valence-electron chi connectivity index (χ3n) is 1.79. The number of nitrogens with zero attached hydrogens (tertiary/aromatic N) is 1. The topological polar surface area (TPSA) is 3.24 Å². The summed E-state index contributed by atoms with van der Waals surface area (Å²) in [5, 5.41) is 0.333. The van der Waals surface area contributed by atoms with Crippen LogP contribution in [0, 0.1) is 0 Å². The monoisotopic (exact) mass is 163 g/mol. The normalized spacial score (nSPS) is 14.1. The van der Waals surface area contributed by atoms with Crippen molar-refractivity contribution >= 4 is 11.6 Å². The summed E-state index contributed by atoms with van der Waals surface area (Å²) in [5.41, 5.74) is 0. The summed E-state index contributed by atoms with van der Waals surface area (Å²) in [4.78, 5) is 2.35. The summed E-state index contributed by atoms with van der Waals surface area (Å²) < 4.78 is 0. The van der Waals surface area contributed by atoms with Crippen LogP contribution in [-0.4, -0.2) is 29.9 Å². The van der Waals surface area contributed by atoms with E-state index in [1.165, 1.54) is 0 Å². The van der Waals surface area contributed by atoms with Gasteiger partial charge in [-0.15, -0.1) is 11.6 Å². The summed E-state index contributed by atoms with van der Waals surface area (Å²) in [5.74, 6) is 0. The molecule has 0 rings (SSSR count). The maximum atomic E-state index is 5.98. The number of alkyl halides is 1. The minimum Gasteiger partial charge on any atom is -0.302 e. The molecule has 0 aliphatic carbocycles. The molecule has 0 aliphatic rings. The molecule has 0 heterocycles. The molecule has 0 aromatic rings. The molecule has 0 aromatic carbocycles. The van der Waals surface area contributed by atoms with Crippen molar-refractivity contribution in [2.24, 2.45) is 0 Å². The van der Waals surface area contributed by atoms with E-state index in [9.17, 15) is 0 Å². The van der Waals surface area contributed by atoms with E-state index in [4.69, 9.17) is 11.6 Å². The lowest BCUT2D eigenvalue weighted by Crippen LogP contribution is -2.29. The van der Waals surface area contributed by atoms with E-state index in [-0.39, 0.29) is 0 Å². The van der Waals surface area contributed by atoms with Crippen LogP contribution in [0.1, 0.15) is 27.2 Å². The summed E-state index contributed by atoms with van der Waals surface area (Å²) in [6, 6.07) is 0. The molecule has 0 N–H and O–H groups in total. The Morgan fingerprint density at radius 3 is 2.00 bits per heavy atom. The second kappa shape index (κ2) is 5.99. The Bertz CT molecular complexity index is 71.7. The molecule has 0 radical (unpaired) electrons. The zero-order valence-corrected chi connectivity index (χ0v) is 7.99. The molecule has 0 aliphatic heterocycles. The van der Waals surface area contributed by atoms with Gasteiger partial charge in [-0.25, -0.2) is 0 Å². The van der Waals surface area contributed by atoms with Gasteiger partial charge < -0.3 is 4.90 Å². The van der Waals surface area contributed by atoms with Crippen LogP contribution in [0.25, 0.3) is 0 Å². The molecule has 0 saturated heterocycles. The number of hydrogen-bond donors (Lipinski definition) is 0. The van der Waals surface area contributed by atoms with Crippen LogP contribution in [0.15, 0.2) is 0 Å². The summed E-state index contributed by atoms with van der Waals surface area (Å²) in [6.45, 7) is 9.72. The molecule has 0 aromatic heterocycles. The van der Waals surface area contributed by atoms with Crippen molar-refractivity contribution in [3.05, 3.63) is 0 Å². The first kappa shape index (κ1) is 10.2. The van der Waals surface area contributed by atoms with Crippen molar-refractivity contribution in [3.63, 3.8) is 0 Å². The minimum absolute atomic E-state index is 0.333. The predicted molar refractivity (Wildman–Crippen MR) is 47.7 cm³/mol. The SMILES string of the molecule is CCC(Cl)CN(CC)CC. The van der Waals surface area contributed by atoms with E-state index in [1.807, 2.05) is 0 Å². The molecule has 62 valence electrons. The van der Waals surface area contributed by atoms with E-state index in [0.717, 1.165) is 26.1 Å². The highest BCUT2D eigenvalue weighted by Crippen LogP contribution is 2.03. The minimum atomic E-state index is 0.333. The highest BCUT2D eigenvalue weighted by Gasteiger charge is 2.05. The standard InChI is InChI=1S/C8H18ClN/c1-4-8(9)7-10(5-2)6-3/h8H,4-7H2,1-3H3. The van der Waals surface area contributed by atoms with Gasteiger partial charge in [0.2, 0.25) is 0 Å². The molecule has 0 saturated carbocycles. The van der Waals surface area contributed by atoms with Crippen molar-refractivity contribution in [1.29, 1.82) is 0 Å². The van der Waals surface area contributed by atoms with Gasteiger partial charge in [-0.3, -0.25) is 0 Å². The highest BCUT2D eigenvalue weighted by atomic mass is 35.5. The fraction of sp³-hybridized carbons (Fsp3) is 1.00. The Morgan fingerprint density at radius 2 is 1.70 bits per heavy atom. The lowest BCUT2D eigenvalue weighted by atomic mass is 10.3. The molecule has 1 atom stereocenters. The summed E-state index contributed by atoms with van der Waals surface area (Å²) in [7, 11) is 0. The average Bonchev–Trinajstić information content (AvgIpc) is 1.99. The van der Waals surface area contributed by atoms with Crippen molar-refractivity contribution in [3.8, 4) is 0 Å². The Labute approximate surface area is 69.4 Å². The third kappa shape index (κ3) is 4.13. The summed E-state index contributed by atoms with van der Waals surface area (Å²) in [6.07, 6.45) is 1.07. The number of rotatable bonds is 5. The third-order valence-corrected chi connectivity index (χ3v) is 2.24. The van der Waals surface area contributed by atoms with E-state index in [0.29, 0.717) is 5.38 Å². The first-order chi connectivity index (χ1) is 4.74. The molecule has 0 bridgehead atoms. The fourth-order valence-corrected chi connectivity index (χ4v) is 1.09. The molecule has 0 spiro atoms. The summed E-state index contributed by atoms with van der Waals surface area (Å²) >= 11 is 5.98. The first-order valence-electron chi connectivity index (χ1n) is 4.10. The molecule has 2 heteroatoms. The lowest BCUT2D eigenvalue weighted by molar-refractivity contribution is 0.301. The maximum absolute atomic E-state index is 5.98. The van der Waals surface area contributed by atoms with E-state index >= 15 is 0 Å². The van der Waals surface area contributed by atoms with Gasteiger partial charge in [0.1, 0.15) is 0 Å². The highest BCUT2D eigenvalue weighted by molar-refractivity contribution is 6.20. The van der Waals surface area contributed by atoms with Crippen LogP contribution < -0.4 is 0 Å². The van der Waals surface area contributed by atoms with Crippen molar-refractivity contribution in [2.75, 3.05) is 19.6 Å². The van der Waals surface area contributed by atoms with E-state index < -0.39 is 0 Å². The van der Waals surface area contributed by atoms with Gasteiger partial charge in [0, 0.05) is 11.9 Å². The van der Waals surface area contributed by atoms with Gasteiger partial charge >= 0.3 is 0 Å². The largest absolute Gasteiger partial charge is 0.302 e. The average molecular weight is 164 g/mol. The molecular formula is C8H18ClN. The van der Waals surface area contributed by atoms with Gasteiger partial charge in [0.25, 0.3) is 0 Å².